The fraction of sp³-hybridized carbons (Fsp3) is 0.381. The van der Waals surface area contributed by atoms with Crippen LogP contribution in [0.2, 0.25) is 10.0 Å². The Morgan fingerprint density at radius 2 is 1.90 bits per heavy atom. The molecule has 0 radical (unpaired) electrons. The highest BCUT2D eigenvalue weighted by Gasteiger charge is 2.26. The van der Waals surface area contributed by atoms with E-state index < -0.39 is 17.2 Å². The summed E-state index contributed by atoms with van der Waals surface area (Å²) in [6, 6.07) is 4.57. The van der Waals surface area contributed by atoms with Crippen LogP contribution in [-0.2, 0) is 11.3 Å². The molecule has 1 aromatic carbocycles. The molecule has 1 heterocycles. The third kappa shape index (κ3) is 4.78. The number of hydrogen-bond acceptors (Lipinski definition) is 6. The number of halogens is 2. The van der Waals surface area contributed by atoms with Gasteiger partial charge in [0, 0.05) is 12.7 Å². The first-order valence-corrected chi connectivity index (χ1v) is 10.1. The number of ether oxygens (including phenoxy) is 2. The topological polar surface area (TPSA) is 102 Å². The summed E-state index contributed by atoms with van der Waals surface area (Å²) in [4.78, 5) is 25.7. The Labute approximate surface area is 184 Å². The van der Waals surface area contributed by atoms with Crippen LogP contribution in [0.15, 0.2) is 16.9 Å². The molecule has 0 amide bonds. The number of aromatic nitrogens is 1. The molecule has 1 N–H and O–H groups in total. The van der Waals surface area contributed by atoms with Crippen molar-refractivity contribution in [2.45, 2.75) is 33.2 Å². The zero-order valence-electron chi connectivity index (χ0n) is 16.9. The van der Waals surface area contributed by atoms with Crippen LogP contribution in [0.5, 0.6) is 11.6 Å². The van der Waals surface area contributed by atoms with Crippen molar-refractivity contribution in [1.29, 1.82) is 5.26 Å². The van der Waals surface area contributed by atoms with E-state index in [-0.39, 0.29) is 51.2 Å². The van der Waals surface area contributed by atoms with Gasteiger partial charge in [-0.15, -0.1) is 0 Å². The van der Waals surface area contributed by atoms with Gasteiger partial charge < -0.3 is 14.6 Å². The number of benzene rings is 1. The van der Waals surface area contributed by atoms with Gasteiger partial charge in [-0.3, -0.25) is 14.2 Å². The number of methoxy groups -OCH3 is 1. The summed E-state index contributed by atoms with van der Waals surface area (Å²) in [6.07, 6.45) is 1.75. The van der Waals surface area contributed by atoms with E-state index in [1.54, 1.807) is 6.07 Å². The minimum atomic E-state index is -0.697. The minimum Gasteiger partial charge on any atom is -0.494 e. The van der Waals surface area contributed by atoms with Crippen molar-refractivity contribution in [2.75, 3.05) is 20.3 Å². The molecule has 9 heteroatoms. The van der Waals surface area contributed by atoms with Crippen LogP contribution in [0.1, 0.15) is 46.8 Å². The molecule has 0 saturated heterocycles. The van der Waals surface area contributed by atoms with Gasteiger partial charge in [0.2, 0.25) is 5.88 Å². The molecular formula is C21H22Cl2N2O5. The first kappa shape index (κ1) is 23.7. The van der Waals surface area contributed by atoms with Gasteiger partial charge in [0.1, 0.15) is 11.6 Å². The van der Waals surface area contributed by atoms with E-state index in [1.807, 2.05) is 6.92 Å². The number of nitriles is 1. The number of ketones is 1. The molecule has 160 valence electrons. The molecule has 0 atom stereocenters. The normalized spacial score (nSPS) is 10.7. The molecule has 0 fully saturated rings. The molecule has 0 bridgehead atoms. The number of nitrogens with zero attached hydrogens (tertiary/aromatic N) is 2. The minimum absolute atomic E-state index is 0.0257. The summed E-state index contributed by atoms with van der Waals surface area (Å²) in [5.41, 5.74) is -0.934. The van der Waals surface area contributed by atoms with Crippen molar-refractivity contribution < 1.29 is 19.4 Å². The van der Waals surface area contributed by atoms with Crippen LogP contribution < -0.4 is 10.3 Å². The first-order valence-electron chi connectivity index (χ1n) is 9.30. The summed E-state index contributed by atoms with van der Waals surface area (Å²) in [7, 11) is 1.43. The predicted octanol–water partition coefficient (Wildman–Crippen LogP) is 4.10. The summed E-state index contributed by atoms with van der Waals surface area (Å²) < 4.78 is 11.5. The van der Waals surface area contributed by atoms with Crippen LogP contribution >= 0.6 is 23.2 Å². The lowest BCUT2D eigenvalue weighted by molar-refractivity contribution is 0.103. The molecule has 1 aromatic heterocycles. The van der Waals surface area contributed by atoms with Crippen LogP contribution in [0.4, 0.5) is 0 Å². The molecule has 2 aromatic rings. The highest BCUT2D eigenvalue weighted by Crippen LogP contribution is 2.36. The quantitative estimate of drug-likeness (QED) is 0.453. The molecule has 0 unspecified atom stereocenters. The number of rotatable bonds is 9. The molecular weight excluding hydrogens is 431 g/mol. The van der Waals surface area contributed by atoms with Gasteiger partial charge in [0.15, 0.2) is 11.5 Å². The van der Waals surface area contributed by atoms with Crippen molar-refractivity contribution in [3.8, 4) is 17.7 Å². The molecule has 0 aliphatic rings. The number of pyridine rings is 1. The summed E-state index contributed by atoms with van der Waals surface area (Å²) in [6.45, 7) is 3.96. The van der Waals surface area contributed by atoms with Crippen molar-refractivity contribution in [2.24, 2.45) is 0 Å². The van der Waals surface area contributed by atoms with Crippen molar-refractivity contribution in [3.63, 3.8) is 0 Å². The second-order valence-electron chi connectivity index (χ2n) is 6.56. The number of carbonyl (C=O) groups excluding carboxylic acids is 1. The van der Waals surface area contributed by atoms with E-state index in [1.165, 1.54) is 26.2 Å². The smallest absolute Gasteiger partial charge is 0.271 e. The fourth-order valence-electron chi connectivity index (χ4n) is 2.90. The summed E-state index contributed by atoms with van der Waals surface area (Å²) in [5.74, 6) is -0.905. The maximum atomic E-state index is 13.2. The maximum Gasteiger partial charge on any atom is 0.271 e. The summed E-state index contributed by atoms with van der Waals surface area (Å²) >= 11 is 12.5. The second-order valence-corrected chi connectivity index (χ2v) is 7.37. The molecule has 0 saturated carbocycles. The van der Waals surface area contributed by atoms with E-state index >= 15 is 0 Å². The number of aromatic hydroxyl groups is 1. The van der Waals surface area contributed by atoms with E-state index in [2.05, 4.69) is 0 Å². The van der Waals surface area contributed by atoms with Crippen LogP contribution in [0.25, 0.3) is 0 Å². The van der Waals surface area contributed by atoms with Gasteiger partial charge in [-0.1, -0.05) is 36.5 Å². The van der Waals surface area contributed by atoms with Gasteiger partial charge >= 0.3 is 0 Å². The van der Waals surface area contributed by atoms with Gasteiger partial charge in [0.05, 0.1) is 35.4 Å². The largest absolute Gasteiger partial charge is 0.494 e. The highest BCUT2D eigenvalue weighted by molar-refractivity contribution is 6.38. The third-order valence-corrected chi connectivity index (χ3v) is 5.11. The molecule has 0 aliphatic carbocycles. The zero-order valence-corrected chi connectivity index (χ0v) is 18.4. The fourth-order valence-corrected chi connectivity index (χ4v) is 3.50. The molecule has 0 aliphatic heterocycles. The Morgan fingerprint density at radius 1 is 1.27 bits per heavy atom. The third-order valence-electron chi connectivity index (χ3n) is 4.55. The Hall–Kier alpha value is -2.53. The first-order chi connectivity index (χ1) is 14.3. The lowest BCUT2D eigenvalue weighted by atomic mass is 9.97. The average molecular weight is 453 g/mol. The van der Waals surface area contributed by atoms with Gasteiger partial charge in [-0.25, -0.2) is 0 Å². The second kappa shape index (κ2) is 10.5. The van der Waals surface area contributed by atoms with Gasteiger partial charge in [-0.05, 0) is 31.0 Å². The van der Waals surface area contributed by atoms with E-state index in [9.17, 15) is 20.0 Å². The number of hydrogen-bond donors (Lipinski definition) is 1. The van der Waals surface area contributed by atoms with Crippen molar-refractivity contribution in [3.05, 3.63) is 54.8 Å². The van der Waals surface area contributed by atoms with Crippen molar-refractivity contribution >= 4 is 29.0 Å². The Balaban J connectivity index is 2.58. The Kier molecular flexibility index (Phi) is 8.30. The van der Waals surface area contributed by atoms with E-state index in [4.69, 9.17) is 32.7 Å². The Bertz CT molecular complexity index is 1030. The highest BCUT2D eigenvalue weighted by atomic mass is 35.5. The van der Waals surface area contributed by atoms with Crippen LogP contribution in [-0.4, -0.2) is 35.8 Å². The van der Waals surface area contributed by atoms with Gasteiger partial charge in [-0.2, -0.15) is 5.26 Å². The summed E-state index contributed by atoms with van der Waals surface area (Å²) in [5, 5.41) is 20.3. The maximum absolute atomic E-state index is 13.2. The SMILES string of the molecule is CCCCOc1c(Cl)cc(C(=O)c2c(C)c(C#N)c(=O)n(CCOC)c2O)cc1Cl. The molecule has 2 rings (SSSR count). The van der Waals surface area contributed by atoms with E-state index in [0.29, 0.717) is 6.61 Å². The van der Waals surface area contributed by atoms with Crippen LogP contribution in [0, 0.1) is 18.3 Å². The standard InChI is InChI=1S/C21H22Cl2N2O5/c1-4-5-7-30-19-15(22)9-13(10-16(19)23)18(26)17-12(2)14(11-24)20(27)25(21(17)28)6-8-29-3/h9-10,28H,4-8H2,1-3H3. The van der Waals surface area contributed by atoms with Crippen molar-refractivity contribution in [1.82, 2.24) is 4.57 Å². The van der Waals surface area contributed by atoms with Crippen LogP contribution in [0.3, 0.4) is 0 Å². The zero-order chi connectivity index (χ0) is 22.4. The number of unbranched alkanes of at least 4 members (excludes halogenated alkanes) is 1. The van der Waals surface area contributed by atoms with Gasteiger partial charge in [0.25, 0.3) is 5.56 Å². The lowest BCUT2D eigenvalue weighted by Gasteiger charge is -2.16. The molecule has 0 spiro atoms. The molecule has 7 nitrogen and oxygen atoms in total. The number of carbonyl (C=O) groups is 1. The average Bonchev–Trinajstić information content (AvgIpc) is 2.70. The predicted molar refractivity (Wildman–Crippen MR) is 114 cm³/mol. The lowest BCUT2D eigenvalue weighted by Crippen LogP contribution is -2.28. The van der Waals surface area contributed by atoms with E-state index in [0.717, 1.165) is 17.4 Å². The molecule has 30 heavy (non-hydrogen) atoms. The Morgan fingerprint density at radius 3 is 2.43 bits per heavy atom. The monoisotopic (exact) mass is 452 g/mol.